The van der Waals surface area contributed by atoms with Gasteiger partial charge in [-0.15, -0.1) is 0 Å². The van der Waals surface area contributed by atoms with Gasteiger partial charge < -0.3 is 15.5 Å². The minimum Gasteiger partial charge on any atom is -0.372 e. The monoisotopic (exact) mass is 305 g/mol. The van der Waals surface area contributed by atoms with Crippen LogP contribution in [0.25, 0.3) is 0 Å². The van der Waals surface area contributed by atoms with E-state index < -0.39 is 0 Å². The maximum absolute atomic E-state index is 5.41. The van der Waals surface area contributed by atoms with Crippen LogP contribution in [0.1, 0.15) is 46.0 Å². The molecule has 0 aliphatic heterocycles. The fourth-order valence-corrected chi connectivity index (χ4v) is 3.23. The van der Waals surface area contributed by atoms with Gasteiger partial charge in [0.1, 0.15) is 0 Å². The number of nitrogens with one attached hydrogen (secondary N) is 2. The van der Waals surface area contributed by atoms with Gasteiger partial charge in [0.15, 0.2) is 5.11 Å². The zero-order valence-corrected chi connectivity index (χ0v) is 14.0. The number of thiocarbonyl (C=S) groups is 1. The SMILES string of the molecule is CCN(CC)c1ccc(NC(=S)NC2CCCCC2)cc1. The Labute approximate surface area is 134 Å². The van der Waals surface area contributed by atoms with Crippen molar-refractivity contribution >= 4 is 28.7 Å². The predicted molar refractivity (Wildman–Crippen MR) is 96.2 cm³/mol. The van der Waals surface area contributed by atoms with Gasteiger partial charge in [-0.05, 0) is 63.2 Å². The van der Waals surface area contributed by atoms with Gasteiger partial charge in [0.25, 0.3) is 0 Å². The molecule has 0 amide bonds. The lowest BCUT2D eigenvalue weighted by molar-refractivity contribution is 0.415. The maximum Gasteiger partial charge on any atom is 0.170 e. The summed E-state index contributed by atoms with van der Waals surface area (Å²) in [5, 5.41) is 7.48. The van der Waals surface area contributed by atoms with Crippen LogP contribution in [0.3, 0.4) is 0 Å². The molecule has 3 nitrogen and oxygen atoms in total. The minimum atomic E-state index is 0.550. The molecule has 4 heteroatoms. The molecule has 0 saturated heterocycles. The van der Waals surface area contributed by atoms with Crippen LogP contribution in [0.15, 0.2) is 24.3 Å². The minimum absolute atomic E-state index is 0.550. The number of hydrogen-bond donors (Lipinski definition) is 2. The molecule has 1 aromatic carbocycles. The molecule has 1 aliphatic rings. The van der Waals surface area contributed by atoms with Crippen LogP contribution in [0.5, 0.6) is 0 Å². The van der Waals surface area contributed by atoms with Gasteiger partial charge in [-0.25, -0.2) is 0 Å². The molecule has 0 aromatic heterocycles. The summed E-state index contributed by atoms with van der Waals surface area (Å²) in [6.07, 6.45) is 6.48. The first-order valence-corrected chi connectivity index (χ1v) is 8.56. The van der Waals surface area contributed by atoms with Crippen LogP contribution >= 0.6 is 12.2 Å². The summed E-state index contributed by atoms with van der Waals surface area (Å²) in [4.78, 5) is 2.34. The van der Waals surface area contributed by atoms with Crippen molar-refractivity contribution in [1.29, 1.82) is 0 Å². The molecule has 1 saturated carbocycles. The highest BCUT2D eigenvalue weighted by Gasteiger charge is 2.13. The van der Waals surface area contributed by atoms with E-state index >= 15 is 0 Å². The summed E-state index contributed by atoms with van der Waals surface area (Å²) in [5.74, 6) is 0. The van der Waals surface area contributed by atoms with E-state index in [9.17, 15) is 0 Å². The lowest BCUT2D eigenvalue weighted by Crippen LogP contribution is -2.38. The highest BCUT2D eigenvalue weighted by molar-refractivity contribution is 7.80. The first-order valence-electron chi connectivity index (χ1n) is 8.15. The molecule has 1 aromatic rings. The van der Waals surface area contributed by atoms with Crippen LogP contribution < -0.4 is 15.5 Å². The van der Waals surface area contributed by atoms with E-state index in [1.54, 1.807) is 0 Å². The summed E-state index contributed by atoms with van der Waals surface area (Å²) >= 11 is 5.41. The van der Waals surface area contributed by atoms with E-state index in [0.29, 0.717) is 6.04 Å². The zero-order valence-electron chi connectivity index (χ0n) is 13.2. The second kappa shape index (κ2) is 8.23. The van der Waals surface area contributed by atoms with Gasteiger partial charge >= 0.3 is 0 Å². The molecule has 2 N–H and O–H groups in total. The van der Waals surface area contributed by atoms with E-state index in [2.05, 4.69) is 53.6 Å². The molecule has 1 aliphatic carbocycles. The van der Waals surface area contributed by atoms with Gasteiger partial charge in [0, 0.05) is 30.5 Å². The first kappa shape index (κ1) is 16.1. The number of benzene rings is 1. The molecular formula is C17H27N3S. The fourth-order valence-electron chi connectivity index (χ4n) is 2.94. The van der Waals surface area contributed by atoms with Gasteiger partial charge in [-0.2, -0.15) is 0 Å². The summed E-state index contributed by atoms with van der Waals surface area (Å²) in [7, 11) is 0. The summed E-state index contributed by atoms with van der Waals surface area (Å²) in [6.45, 7) is 6.42. The normalized spacial score (nSPS) is 15.5. The average molecular weight is 305 g/mol. The zero-order chi connectivity index (χ0) is 15.1. The molecule has 116 valence electrons. The number of nitrogens with zero attached hydrogens (tertiary/aromatic N) is 1. The molecule has 0 unspecified atom stereocenters. The van der Waals surface area contributed by atoms with Gasteiger partial charge in [-0.1, -0.05) is 19.3 Å². The summed E-state index contributed by atoms with van der Waals surface area (Å²) < 4.78 is 0. The van der Waals surface area contributed by atoms with Crippen LogP contribution in [0.2, 0.25) is 0 Å². The largest absolute Gasteiger partial charge is 0.372 e. The van der Waals surface area contributed by atoms with Crippen LogP contribution in [0.4, 0.5) is 11.4 Å². The Kier molecular flexibility index (Phi) is 6.30. The number of hydrogen-bond acceptors (Lipinski definition) is 2. The lowest BCUT2D eigenvalue weighted by atomic mass is 9.96. The van der Waals surface area contributed by atoms with Crippen molar-refractivity contribution in [3.63, 3.8) is 0 Å². The highest BCUT2D eigenvalue weighted by Crippen LogP contribution is 2.19. The summed E-state index contributed by atoms with van der Waals surface area (Å²) in [6, 6.07) is 9.05. The second-order valence-corrected chi connectivity index (χ2v) is 6.06. The third kappa shape index (κ3) is 4.88. The smallest absolute Gasteiger partial charge is 0.170 e. The van der Waals surface area contributed by atoms with Crippen molar-refractivity contribution < 1.29 is 0 Å². The second-order valence-electron chi connectivity index (χ2n) is 5.65. The Morgan fingerprint density at radius 1 is 1.10 bits per heavy atom. The Balaban J connectivity index is 1.86. The maximum atomic E-state index is 5.41. The molecule has 0 bridgehead atoms. The van der Waals surface area contributed by atoms with Gasteiger partial charge in [-0.3, -0.25) is 0 Å². The average Bonchev–Trinajstić information content (AvgIpc) is 2.51. The first-order chi connectivity index (χ1) is 10.2. The lowest BCUT2D eigenvalue weighted by Gasteiger charge is -2.24. The third-order valence-corrected chi connectivity index (χ3v) is 4.41. The van der Waals surface area contributed by atoms with Crippen LogP contribution in [0, 0.1) is 0 Å². The third-order valence-electron chi connectivity index (χ3n) is 4.19. The molecule has 21 heavy (non-hydrogen) atoms. The van der Waals surface area contributed by atoms with Crippen molar-refractivity contribution in [2.75, 3.05) is 23.3 Å². The predicted octanol–water partition coefficient (Wildman–Crippen LogP) is 4.15. The highest BCUT2D eigenvalue weighted by atomic mass is 32.1. The van der Waals surface area contributed by atoms with Crippen molar-refractivity contribution in [3.8, 4) is 0 Å². The molecular weight excluding hydrogens is 278 g/mol. The Hall–Kier alpha value is -1.29. The van der Waals surface area contributed by atoms with Crippen molar-refractivity contribution in [1.82, 2.24) is 5.32 Å². The standard InChI is InChI=1S/C17H27N3S/c1-3-20(4-2)16-12-10-15(11-13-16)19-17(21)18-14-8-6-5-7-9-14/h10-14H,3-9H2,1-2H3,(H2,18,19,21). The quantitative estimate of drug-likeness (QED) is 0.799. The van der Waals surface area contributed by atoms with E-state index in [1.807, 2.05) is 0 Å². The van der Waals surface area contributed by atoms with Crippen molar-refractivity contribution in [2.45, 2.75) is 52.0 Å². The Morgan fingerprint density at radius 3 is 2.29 bits per heavy atom. The molecule has 0 atom stereocenters. The molecule has 0 heterocycles. The van der Waals surface area contributed by atoms with E-state index in [0.717, 1.165) is 23.9 Å². The molecule has 2 rings (SSSR count). The fraction of sp³-hybridized carbons (Fsp3) is 0.588. The van der Waals surface area contributed by atoms with Crippen molar-refractivity contribution in [3.05, 3.63) is 24.3 Å². The van der Waals surface area contributed by atoms with Crippen LogP contribution in [-0.2, 0) is 0 Å². The molecule has 0 radical (unpaired) electrons. The van der Waals surface area contributed by atoms with Gasteiger partial charge in [0.05, 0.1) is 0 Å². The van der Waals surface area contributed by atoms with E-state index in [-0.39, 0.29) is 0 Å². The molecule has 0 spiro atoms. The van der Waals surface area contributed by atoms with Gasteiger partial charge in [0.2, 0.25) is 0 Å². The van der Waals surface area contributed by atoms with Crippen molar-refractivity contribution in [2.24, 2.45) is 0 Å². The topological polar surface area (TPSA) is 27.3 Å². The summed E-state index contributed by atoms with van der Waals surface area (Å²) in [5.41, 5.74) is 2.32. The van der Waals surface area contributed by atoms with Crippen LogP contribution in [-0.4, -0.2) is 24.2 Å². The molecule has 1 fully saturated rings. The Morgan fingerprint density at radius 2 is 1.71 bits per heavy atom. The Bertz CT molecular complexity index is 434. The van der Waals surface area contributed by atoms with E-state index in [4.69, 9.17) is 12.2 Å². The number of anilines is 2. The number of rotatable bonds is 5. The van der Waals surface area contributed by atoms with E-state index in [1.165, 1.54) is 37.8 Å².